The summed E-state index contributed by atoms with van der Waals surface area (Å²) in [6, 6.07) is 0. The van der Waals surface area contributed by atoms with E-state index < -0.39 is 0 Å². The van der Waals surface area contributed by atoms with E-state index in [1.54, 1.807) is 0 Å². The molecule has 0 aliphatic carbocycles. The molecule has 0 N–H and O–H groups in total. The predicted octanol–water partition coefficient (Wildman–Crippen LogP) is -0.0150. The average molecular weight is 421 g/mol. The van der Waals surface area contributed by atoms with Crippen LogP contribution in [-0.2, 0) is 101 Å². The van der Waals surface area contributed by atoms with E-state index in [1.165, 1.54) is 0 Å². The molecule has 0 bridgehead atoms. The Labute approximate surface area is 98.9 Å². The minimum absolute atomic E-state index is 0. The van der Waals surface area contributed by atoms with E-state index in [9.17, 15) is 0 Å². The summed E-state index contributed by atoms with van der Waals surface area (Å²) in [7, 11) is 0. The summed E-state index contributed by atoms with van der Waals surface area (Å²) in [5, 5.41) is 0. The van der Waals surface area contributed by atoms with Gasteiger partial charge in [0, 0.05) is 67.1 Å². The second-order valence-corrected chi connectivity index (χ2v) is 0. The second kappa shape index (κ2) is 39.8. The number of hydrogen-bond donors (Lipinski definition) is 0. The molecule has 0 atom stereocenters. The standard InChI is InChI=1S/2Fe.2Mo.2Ni. The van der Waals surface area contributed by atoms with Gasteiger partial charge in [-0.05, 0) is 0 Å². The molecule has 0 aliphatic rings. The third-order valence-corrected chi connectivity index (χ3v) is 0. The molecule has 0 unspecified atom stereocenters. The fourth-order valence-electron chi connectivity index (χ4n) is 0. The maximum atomic E-state index is 1.96. The van der Waals surface area contributed by atoms with Crippen LogP contribution in [0.15, 0.2) is 0 Å². The van der Waals surface area contributed by atoms with Gasteiger partial charge in [-0.1, -0.05) is 0 Å². The maximum Gasteiger partial charge on any atom is 0 e. The first kappa shape index (κ1) is 34.2. The van der Waals surface area contributed by atoms with Crippen molar-refractivity contribution in [1.29, 1.82) is 0 Å². The van der Waals surface area contributed by atoms with Crippen molar-refractivity contribution in [2.24, 2.45) is 0 Å². The topological polar surface area (TPSA) is 0 Å². The van der Waals surface area contributed by atoms with Crippen LogP contribution >= 0.6 is 0 Å². The van der Waals surface area contributed by atoms with Crippen molar-refractivity contribution in [2.75, 3.05) is 0 Å². The Morgan fingerprint density at radius 3 is 0.667 bits per heavy atom. The maximum absolute atomic E-state index is 1.96. The van der Waals surface area contributed by atoms with Crippen LogP contribution in [0, 0.1) is 0 Å². The number of rotatable bonds is 0. The Kier molecular flexibility index (Phi) is 227. The Morgan fingerprint density at radius 1 is 0.667 bits per heavy atom. The van der Waals surface area contributed by atoms with Gasteiger partial charge in [-0.2, -0.15) is 0 Å². The summed E-state index contributed by atoms with van der Waals surface area (Å²) in [4.78, 5) is 0. The Bertz CT molecular complexity index is 9.51. The zero-order valence-corrected chi connectivity index (χ0v) is 10.4. The van der Waals surface area contributed by atoms with Crippen LogP contribution in [0.4, 0.5) is 0 Å². The van der Waals surface area contributed by atoms with Gasteiger partial charge >= 0.3 is 33.6 Å². The summed E-state index contributed by atoms with van der Waals surface area (Å²) >= 11 is 3.92. The normalized spacial score (nSPS) is 0.667. The van der Waals surface area contributed by atoms with Crippen LogP contribution in [0.2, 0.25) is 0 Å². The summed E-state index contributed by atoms with van der Waals surface area (Å²) < 4.78 is 0. The summed E-state index contributed by atoms with van der Waals surface area (Å²) in [6.07, 6.45) is 0. The smallest absolute Gasteiger partial charge is 0 e. The first-order valence-corrected chi connectivity index (χ1v) is 5.83. The van der Waals surface area contributed by atoms with Crippen LogP contribution in [0.25, 0.3) is 0 Å². The molecule has 0 saturated heterocycles. The van der Waals surface area contributed by atoms with Gasteiger partial charge in [0.25, 0.3) is 0 Å². The van der Waals surface area contributed by atoms with Crippen LogP contribution in [0.3, 0.4) is 0 Å². The van der Waals surface area contributed by atoms with E-state index in [2.05, 4.69) is 0 Å². The van der Waals surface area contributed by atoms with Gasteiger partial charge in [0.1, 0.15) is 0 Å². The third kappa shape index (κ3) is 26.2. The largest absolute Gasteiger partial charge is 0 e. The average Bonchev–Trinajstić information content (AvgIpc) is 1.00. The van der Waals surface area contributed by atoms with Gasteiger partial charge in [-0.15, -0.1) is 0 Å². The van der Waals surface area contributed by atoms with Crippen LogP contribution in [0.5, 0.6) is 0 Å². The zero-order chi connectivity index (χ0) is 2.00. The van der Waals surface area contributed by atoms with Gasteiger partial charge in [0.05, 0.1) is 0 Å². The molecule has 0 amide bonds. The fourth-order valence-corrected chi connectivity index (χ4v) is 0. The van der Waals surface area contributed by atoms with E-state index in [0.717, 1.165) is 0 Å². The van der Waals surface area contributed by atoms with Crippen molar-refractivity contribution in [1.82, 2.24) is 0 Å². The monoisotopic (exact) mass is 424 g/mol. The van der Waals surface area contributed by atoms with Crippen LogP contribution in [-0.4, -0.2) is 0 Å². The molecular formula is Fe2Mo2Ni2. The quantitative estimate of drug-likeness (QED) is 0.483. The fraction of sp³-hybridized carbons (Fsp3) is 0. The molecule has 6 heteroatoms. The Morgan fingerprint density at radius 2 is 0.667 bits per heavy atom. The summed E-state index contributed by atoms with van der Waals surface area (Å²) in [5.74, 6) is 0. The molecule has 0 nitrogen and oxygen atoms in total. The van der Waals surface area contributed by atoms with Crippen molar-refractivity contribution in [2.45, 2.75) is 0 Å². The van der Waals surface area contributed by atoms with E-state index in [-0.39, 0.29) is 67.1 Å². The van der Waals surface area contributed by atoms with Crippen LogP contribution < -0.4 is 0 Å². The van der Waals surface area contributed by atoms with E-state index >= 15 is 0 Å². The molecule has 48 valence electrons. The van der Waals surface area contributed by atoms with Gasteiger partial charge < -0.3 is 0 Å². The first-order chi connectivity index (χ1) is 1.00. The van der Waals surface area contributed by atoms with Crippen molar-refractivity contribution in [3.63, 3.8) is 0 Å². The SMILES string of the molecule is [Fe].[Fe].[Mo][Mo].[Ni].[Ni]. The van der Waals surface area contributed by atoms with Crippen molar-refractivity contribution in [3.8, 4) is 0 Å². The minimum Gasteiger partial charge on any atom is 0 e. The van der Waals surface area contributed by atoms with Gasteiger partial charge in [-0.25, -0.2) is 0 Å². The van der Waals surface area contributed by atoms with Crippen molar-refractivity contribution < 1.29 is 101 Å². The van der Waals surface area contributed by atoms with E-state index in [1.807, 2.05) is 33.6 Å². The van der Waals surface area contributed by atoms with E-state index in [4.69, 9.17) is 0 Å². The Balaban J connectivity index is -0.000000000833. The molecule has 0 aromatic rings. The van der Waals surface area contributed by atoms with Crippen molar-refractivity contribution >= 4 is 0 Å². The third-order valence-electron chi connectivity index (χ3n) is 0. The molecule has 0 aromatic heterocycles. The molecule has 0 aliphatic heterocycles. The first-order valence-electron chi connectivity index (χ1n) is 0.167. The van der Waals surface area contributed by atoms with Gasteiger partial charge in [0.2, 0.25) is 0 Å². The summed E-state index contributed by atoms with van der Waals surface area (Å²) in [6.45, 7) is 0. The predicted molar refractivity (Wildman–Crippen MR) is 0 cm³/mol. The second-order valence-electron chi connectivity index (χ2n) is 0. The minimum atomic E-state index is 0. The molecule has 0 rings (SSSR count). The molecule has 0 saturated carbocycles. The molecule has 0 radical (unpaired) electrons. The Hall–Kier alpha value is 3.40. The summed E-state index contributed by atoms with van der Waals surface area (Å²) in [5.41, 5.74) is 0. The van der Waals surface area contributed by atoms with E-state index in [0.29, 0.717) is 0 Å². The molecule has 0 heterocycles. The molecular weight excluding hydrogens is 421 g/mol. The van der Waals surface area contributed by atoms with Crippen LogP contribution in [0.1, 0.15) is 0 Å². The van der Waals surface area contributed by atoms with Gasteiger partial charge in [0.15, 0.2) is 0 Å². The van der Waals surface area contributed by atoms with Gasteiger partial charge in [-0.3, -0.25) is 0 Å². The molecule has 6 heavy (non-hydrogen) atoms. The molecule has 0 spiro atoms. The van der Waals surface area contributed by atoms with Crippen molar-refractivity contribution in [3.05, 3.63) is 0 Å². The molecule has 0 fully saturated rings. The zero-order valence-electron chi connectivity index (χ0n) is 2.16. The number of hydrogen-bond acceptors (Lipinski definition) is 0. The molecule has 0 aromatic carbocycles.